The first kappa shape index (κ1) is 24.5. The van der Waals surface area contributed by atoms with Crippen LogP contribution in [0.3, 0.4) is 0 Å². The molecule has 0 aliphatic carbocycles. The second-order valence-electron chi connectivity index (χ2n) is 7.90. The number of urea groups is 1. The van der Waals surface area contributed by atoms with Gasteiger partial charge in [0.2, 0.25) is 5.91 Å². The van der Waals surface area contributed by atoms with Crippen LogP contribution < -0.4 is 10.1 Å². The van der Waals surface area contributed by atoms with Crippen molar-refractivity contribution in [2.45, 2.75) is 18.7 Å². The second kappa shape index (κ2) is 10.7. The minimum Gasteiger partial charge on any atom is -0.494 e. The molecule has 2 aromatic rings. The zero-order valence-corrected chi connectivity index (χ0v) is 20.0. The molecule has 1 heterocycles. The van der Waals surface area contributed by atoms with Gasteiger partial charge in [0.1, 0.15) is 12.3 Å². The van der Waals surface area contributed by atoms with Crippen molar-refractivity contribution in [1.29, 1.82) is 0 Å². The van der Waals surface area contributed by atoms with Gasteiger partial charge >= 0.3 is 6.03 Å². The predicted molar refractivity (Wildman–Crippen MR) is 126 cm³/mol. The minimum absolute atomic E-state index is 0.0376. The van der Waals surface area contributed by atoms with E-state index in [4.69, 9.17) is 4.74 Å². The number of nitrogens with one attached hydrogen (secondary N) is 1. The van der Waals surface area contributed by atoms with Crippen molar-refractivity contribution in [1.82, 2.24) is 14.1 Å². The van der Waals surface area contributed by atoms with E-state index in [2.05, 4.69) is 10.2 Å². The van der Waals surface area contributed by atoms with E-state index in [1.807, 2.05) is 20.9 Å². The lowest BCUT2D eigenvalue weighted by Gasteiger charge is -2.35. The second-order valence-corrected chi connectivity index (χ2v) is 9.77. The summed E-state index contributed by atoms with van der Waals surface area (Å²) in [5.74, 6) is 0.0432. The monoisotopic (exact) mass is 474 g/mol. The van der Waals surface area contributed by atoms with Crippen molar-refractivity contribution < 1.29 is 22.7 Å². The predicted octanol–water partition coefficient (Wildman–Crippen LogP) is 2.39. The lowest BCUT2D eigenvalue weighted by atomic mass is 10.2. The van der Waals surface area contributed by atoms with Crippen molar-refractivity contribution in [2.24, 2.45) is 0 Å². The van der Waals surface area contributed by atoms with Gasteiger partial charge in [-0.15, -0.1) is 0 Å². The quantitative estimate of drug-likeness (QED) is 0.662. The summed E-state index contributed by atoms with van der Waals surface area (Å²) in [6.45, 7) is 5.63. The number of piperazine rings is 1. The summed E-state index contributed by atoms with van der Waals surface area (Å²) in [5.41, 5.74) is 1.36. The number of anilines is 1. The normalized spacial score (nSPS) is 14.6. The third-order valence-corrected chi connectivity index (χ3v) is 7.07. The number of sulfonamides is 1. The third kappa shape index (κ3) is 6.23. The third-order valence-electron chi connectivity index (χ3n) is 5.33. The van der Waals surface area contributed by atoms with Crippen molar-refractivity contribution >= 4 is 27.6 Å². The summed E-state index contributed by atoms with van der Waals surface area (Å²) in [6.07, 6.45) is 0. The van der Waals surface area contributed by atoms with Gasteiger partial charge < -0.3 is 19.9 Å². The van der Waals surface area contributed by atoms with E-state index < -0.39 is 28.5 Å². The Morgan fingerprint density at radius 2 is 1.61 bits per heavy atom. The number of nitrogens with zero attached hydrogens (tertiary/aromatic N) is 3. The highest BCUT2D eigenvalue weighted by Crippen LogP contribution is 2.20. The Bertz CT molecular complexity index is 1060. The highest BCUT2D eigenvalue weighted by Gasteiger charge is 2.35. The van der Waals surface area contributed by atoms with Crippen LogP contribution >= 0.6 is 0 Å². The van der Waals surface area contributed by atoms with Crippen LogP contribution in [-0.2, 0) is 14.8 Å². The molecule has 3 amide bonds. The number of benzene rings is 2. The Morgan fingerprint density at radius 1 is 1.00 bits per heavy atom. The molecule has 0 spiro atoms. The van der Waals surface area contributed by atoms with E-state index in [0.29, 0.717) is 48.5 Å². The summed E-state index contributed by atoms with van der Waals surface area (Å²) in [7, 11) is -2.30. The van der Waals surface area contributed by atoms with Crippen LogP contribution in [0.25, 0.3) is 0 Å². The largest absolute Gasteiger partial charge is 0.494 e. The lowest BCUT2D eigenvalue weighted by molar-refractivity contribution is -0.116. The van der Waals surface area contributed by atoms with Crippen LogP contribution in [0.1, 0.15) is 12.5 Å². The van der Waals surface area contributed by atoms with Crippen molar-refractivity contribution in [3.63, 3.8) is 0 Å². The molecule has 1 aliphatic rings. The van der Waals surface area contributed by atoms with Gasteiger partial charge in [-0.25, -0.2) is 17.5 Å². The molecular formula is C23H30N4O5S. The van der Waals surface area contributed by atoms with E-state index in [1.54, 1.807) is 36.4 Å². The van der Waals surface area contributed by atoms with Gasteiger partial charge in [0, 0.05) is 31.9 Å². The number of rotatable bonds is 7. The van der Waals surface area contributed by atoms with Crippen molar-refractivity contribution in [3.8, 4) is 5.75 Å². The van der Waals surface area contributed by atoms with Crippen LogP contribution in [0.15, 0.2) is 53.4 Å². The van der Waals surface area contributed by atoms with Gasteiger partial charge in [0.25, 0.3) is 10.0 Å². The summed E-state index contributed by atoms with van der Waals surface area (Å²) < 4.78 is 32.8. The van der Waals surface area contributed by atoms with E-state index in [1.165, 1.54) is 17.0 Å². The fourth-order valence-electron chi connectivity index (χ4n) is 3.38. The number of amides is 3. The standard InChI is InChI=1S/C23H30N4O5S/c1-4-32-20-9-7-19(8-10-20)24-22(28)17-27(23(29)26-15-13-25(3)14-16-26)33(30,31)21-11-5-18(2)6-12-21/h5-12H,4,13-17H2,1-3H3,(H,24,28). The summed E-state index contributed by atoms with van der Waals surface area (Å²) >= 11 is 0. The molecular weight excluding hydrogens is 444 g/mol. The fraction of sp³-hybridized carbons (Fsp3) is 0.391. The Morgan fingerprint density at radius 3 is 2.18 bits per heavy atom. The van der Waals surface area contributed by atoms with E-state index in [9.17, 15) is 18.0 Å². The van der Waals surface area contributed by atoms with E-state index in [0.717, 1.165) is 5.56 Å². The molecule has 1 aliphatic heterocycles. The summed E-state index contributed by atoms with van der Waals surface area (Å²) in [4.78, 5) is 29.5. The molecule has 1 fully saturated rings. The van der Waals surface area contributed by atoms with Gasteiger partial charge in [-0.05, 0) is 57.3 Å². The van der Waals surface area contributed by atoms with Crippen molar-refractivity contribution in [2.75, 3.05) is 51.7 Å². The average Bonchev–Trinajstić information content (AvgIpc) is 2.79. The first-order chi connectivity index (χ1) is 15.7. The summed E-state index contributed by atoms with van der Waals surface area (Å²) in [6, 6.07) is 12.2. The molecule has 3 rings (SSSR count). The van der Waals surface area contributed by atoms with Crippen LogP contribution in [0, 0.1) is 6.92 Å². The molecule has 178 valence electrons. The molecule has 0 unspecified atom stereocenters. The molecule has 0 atom stereocenters. The van der Waals surface area contributed by atoms with Gasteiger partial charge in [-0.2, -0.15) is 0 Å². The first-order valence-corrected chi connectivity index (χ1v) is 12.2. The van der Waals surface area contributed by atoms with E-state index >= 15 is 0 Å². The zero-order chi connectivity index (χ0) is 24.0. The topological polar surface area (TPSA) is 99.3 Å². The molecule has 0 radical (unpaired) electrons. The Kier molecular flexibility index (Phi) is 7.93. The average molecular weight is 475 g/mol. The Balaban J connectivity index is 1.82. The van der Waals surface area contributed by atoms with Gasteiger partial charge in [0.15, 0.2) is 0 Å². The Hall–Kier alpha value is -3.11. The number of likely N-dealkylation sites (N-methyl/N-ethyl adjacent to an activating group) is 1. The van der Waals surface area contributed by atoms with Gasteiger partial charge in [-0.1, -0.05) is 17.7 Å². The zero-order valence-electron chi connectivity index (χ0n) is 19.2. The lowest BCUT2D eigenvalue weighted by Crippen LogP contribution is -2.54. The number of aryl methyl sites for hydroxylation is 1. The smallest absolute Gasteiger partial charge is 0.334 e. The number of hydrogen-bond donors (Lipinski definition) is 1. The van der Waals surface area contributed by atoms with E-state index in [-0.39, 0.29) is 4.90 Å². The summed E-state index contributed by atoms with van der Waals surface area (Å²) in [5, 5.41) is 2.66. The molecule has 0 bridgehead atoms. The number of carbonyl (C=O) groups is 2. The molecule has 0 aromatic heterocycles. The fourth-order valence-corrected chi connectivity index (χ4v) is 4.72. The molecule has 1 N–H and O–H groups in total. The minimum atomic E-state index is -4.23. The molecule has 1 saturated heterocycles. The number of ether oxygens (including phenoxy) is 1. The van der Waals surface area contributed by atoms with Crippen LogP contribution in [-0.4, -0.2) is 80.8 Å². The highest BCUT2D eigenvalue weighted by atomic mass is 32.2. The maximum atomic E-state index is 13.4. The van der Waals surface area contributed by atoms with Crippen LogP contribution in [0.2, 0.25) is 0 Å². The maximum absolute atomic E-state index is 13.4. The molecule has 0 saturated carbocycles. The molecule has 9 nitrogen and oxygen atoms in total. The highest BCUT2D eigenvalue weighted by molar-refractivity contribution is 7.89. The van der Waals surface area contributed by atoms with Gasteiger partial charge in [-0.3, -0.25) is 4.79 Å². The molecule has 33 heavy (non-hydrogen) atoms. The van der Waals surface area contributed by atoms with Crippen LogP contribution in [0.4, 0.5) is 10.5 Å². The van der Waals surface area contributed by atoms with Crippen molar-refractivity contribution in [3.05, 3.63) is 54.1 Å². The maximum Gasteiger partial charge on any atom is 0.334 e. The number of carbonyl (C=O) groups excluding carboxylic acids is 2. The van der Waals surface area contributed by atoms with Gasteiger partial charge in [0.05, 0.1) is 11.5 Å². The van der Waals surface area contributed by atoms with Crippen LogP contribution in [0.5, 0.6) is 5.75 Å². The SMILES string of the molecule is CCOc1ccc(NC(=O)CN(C(=O)N2CCN(C)CC2)S(=O)(=O)c2ccc(C)cc2)cc1. The Labute approximate surface area is 195 Å². The first-order valence-electron chi connectivity index (χ1n) is 10.8. The molecule has 10 heteroatoms. The number of hydrogen-bond acceptors (Lipinski definition) is 6. The molecule has 2 aromatic carbocycles.